The van der Waals surface area contributed by atoms with Crippen LogP contribution < -0.4 is 10.2 Å². The predicted octanol–water partition coefficient (Wildman–Crippen LogP) is 2.72. The lowest BCUT2D eigenvalue weighted by molar-refractivity contribution is -0.124. The third-order valence-corrected chi connectivity index (χ3v) is 5.27. The average molecular weight is 381 g/mol. The highest BCUT2D eigenvalue weighted by atomic mass is 19.1. The Bertz CT molecular complexity index is 975. The van der Waals surface area contributed by atoms with Crippen LogP contribution in [-0.2, 0) is 9.59 Å². The number of carbonyl (C=O) groups is 3. The average Bonchev–Trinajstić information content (AvgIpc) is 3.14. The Kier molecular flexibility index (Phi) is 4.58. The maximum atomic E-state index is 13.9. The van der Waals surface area contributed by atoms with Gasteiger partial charge in [0, 0.05) is 12.2 Å². The van der Waals surface area contributed by atoms with E-state index in [1.807, 2.05) is 19.1 Å². The topological polar surface area (TPSA) is 69.7 Å². The van der Waals surface area contributed by atoms with Crippen LogP contribution in [0, 0.1) is 12.7 Å². The van der Waals surface area contributed by atoms with Gasteiger partial charge in [-0.3, -0.25) is 14.4 Å². The van der Waals surface area contributed by atoms with Gasteiger partial charge in [0.15, 0.2) is 0 Å². The minimum Gasteiger partial charge on any atom is -0.327 e. The molecule has 0 aromatic heterocycles. The summed E-state index contributed by atoms with van der Waals surface area (Å²) in [5, 5.41) is 2.79. The molecule has 0 bridgehead atoms. The van der Waals surface area contributed by atoms with Gasteiger partial charge in [0.1, 0.15) is 18.4 Å². The number of amides is 3. The van der Waals surface area contributed by atoms with Gasteiger partial charge >= 0.3 is 0 Å². The Hall–Kier alpha value is -3.22. The van der Waals surface area contributed by atoms with Crippen LogP contribution in [-0.4, -0.2) is 41.8 Å². The number of anilines is 2. The van der Waals surface area contributed by atoms with Crippen molar-refractivity contribution in [1.82, 2.24) is 4.90 Å². The second-order valence-electron chi connectivity index (χ2n) is 7.11. The van der Waals surface area contributed by atoms with E-state index >= 15 is 0 Å². The zero-order chi connectivity index (χ0) is 19.8. The number of halogens is 1. The summed E-state index contributed by atoms with van der Waals surface area (Å²) in [5.74, 6) is -1.62. The Morgan fingerprint density at radius 3 is 2.79 bits per heavy atom. The van der Waals surface area contributed by atoms with Crippen molar-refractivity contribution in [3.8, 4) is 0 Å². The highest BCUT2D eigenvalue weighted by Gasteiger charge is 2.42. The van der Waals surface area contributed by atoms with Crippen LogP contribution in [0.3, 0.4) is 0 Å². The summed E-state index contributed by atoms with van der Waals surface area (Å²) in [7, 11) is 0. The zero-order valence-electron chi connectivity index (χ0n) is 15.4. The number of hydrogen-bond acceptors (Lipinski definition) is 3. The number of benzene rings is 2. The molecule has 7 heteroatoms. The first-order valence-electron chi connectivity index (χ1n) is 9.23. The second kappa shape index (κ2) is 7.07. The van der Waals surface area contributed by atoms with Crippen LogP contribution in [0.5, 0.6) is 0 Å². The SMILES string of the molecule is Cc1ccccc1NC(=O)CN1C(=O)C2CCCN2C(=O)c2ccc(F)cc21. The minimum atomic E-state index is -0.616. The van der Waals surface area contributed by atoms with E-state index in [9.17, 15) is 18.8 Å². The summed E-state index contributed by atoms with van der Waals surface area (Å²) < 4.78 is 13.9. The van der Waals surface area contributed by atoms with E-state index in [1.54, 1.807) is 12.1 Å². The van der Waals surface area contributed by atoms with Crippen molar-refractivity contribution >= 4 is 29.1 Å². The van der Waals surface area contributed by atoms with Crippen LogP contribution in [0.25, 0.3) is 0 Å². The van der Waals surface area contributed by atoms with Crippen LogP contribution >= 0.6 is 0 Å². The molecule has 6 nitrogen and oxygen atoms in total. The number of aryl methyl sites for hydroxylation is 1. The van der Waals surface area contributed by atoms with Crippen molar-refractivity contribution in [2.45, 2.75) is 25.8 Å². The van der Waals surface area contributed by atoms with Gasteiger partial charge in [0.2, 0.25) is 11.8 Å². The van der Waals surface area contributed by atoms with Gasteiger partial charge in [-0.2, -0.15) is 0 Å². The van der Waals surface area contributed by atoms with Crippen molar-refractivity contribution in [2.75, 3.05) is 23.3 Å². The lowest BCUT2D eigenvalue weighted by Gasteiger charge is -2.25. The second-order valence-corrected chi connectivity index (χ2v) is 7.11. The van der Waals surface area contributed by atoms with Crippen molar-refractivity contribution in [2.24, 2.45) is 0 Å². The molecule has 2 aliphatic heterocycles. The van der Waals surface area contributed by atoms with E-state index < -0.39 is 17.8 Å². The van der Waals surface area contributed by atoms with Crippen LogP contribution in [0.4, 0.5) is 15.8 Å². The molecular weight excluding hydrogens is 361 g/mol. The lowest BCUT2D eigenvalue weighted by Crippen LogP contribution is -2.47. The Morgan fingerprint density at radius 1 is 1.21 bits per heavy atom. The molecule has 2 heterocycles. The summed E-state index contributed by atoms with van der Waals surface area (Å²) in [6, 6.07) is 10.4. The van der Waals surface area contributed by atoms with Gasteiger partial charge in [0.05, 0.1) is 11.3 Å². The normalized spacial score (nSPS) is 18.6. The highest BCUT2D eigenvalue weighted by molar-refractivity contribution is 6.13. The standard InChI is InChI=1S/C21H20FN3O3/c1-13-5-2-3-6-16(13)23-19(26)12-25-18-11-14(22)8-9-15(18)20(27)24-10-4-7-17(24)21(25)28/h2-3,5-6,8-9,11,17H,4,7,10,12H2,1H3,(H,23,26). The lowest BCUT2D eigenvalue weighted by atomic mass is 10.1. The van der Waals surface area contributed by atoms with Gasteiger partial charge < -0.3 is 15.1 Å². The molecule has 2 aromatic carbocycles. The molecule has 1 saturated heterocycles. The molecule has 144 valence electrons. The maximum absolute atomic E-state index is 13.9. The van der Waals surface area contributed by atoms with Gasteiger partial charge in [-0.05, 0) is 49.6 Å². The van der Waals surface area contributed by atoms with Crippen LogP contribution in [0.15, 0.2) is 42.5 Å². The molecule has 0 aliphatic carbocycles. The van der Waals surface area contributed by atoms with Gasteiger partial charge in [-0.1, -0.05) is 18.2 Å². The molecule has 4 rings (SSSR count). The Balaban J connectivity index is 1.68. The minimum absolute atomic E-state index is 0.143. The quantitative estimate of drug-likeness (QED) is 0.889. The predicted molar refractivity (Wildman–Crippen MR) is 103 cm³/mol. The Morgan fingerprint density at radius 2 is 2.00 bits per heavy atom. The van der Waals surface area contributed by atoms with E-state index in [0.717, 1.165) is 18.1 Å². The number of para-hydroxylation sites is 1. The molecule has 1 atom stereocenters. The number of nitrogens with zero attached hydrogens (tertiary/aromatic N) is 2. The van der Waals surface area contributed by atoms with E-state index in [-0.39, 0.29) is 29.6 Å². The van der Waals surface area contributed by atoms with E-state index in [1.165, 1.54) is 21.9 Å². The van der Waals surface area contributed by atoms with E-state index in [2.05, 4.69) is 5.32 Å². The monoisotopic (exact) mass is 381 g/mol. The molecule has 0 saturated carbocycles. The summed E-state index contributed by atoms with van der Waals surface area (Å²) in [6.07, 6.45) is 1.26. The number of hydrogen-bond donors (Lipinski definition) is 1. The molecule has 2 aromatic rings. The first-order valence-corrected chi connectivity index (χ1v) is 9.23. The molecule has 1 unspecified atom stereocenters. The molecule has 28 heavy (non-hydrogen) atoms. The highest BCUT2D eigenvalue weighted by Crippen LogP contribution is 2.33. The van der Waals surface area contributed by atoms with Gasteiger partial charge in [0.25, 0.3) is 5.91 Å². The number of rotatable bonds is 3. The molecular formula is C21H20FN3O3. The smallest absolute Gasteiger partial charge is 0.256 e. The van der Waals surface area contributed by atoms with Crippen molar-refractivity contribution in [3.05, 3.63) is 59.4 Å². The third kappa shape index (κ3) is 3.13. The zero-order valence-corrected chi connectivity index (χ0v) is 15.4. The fraction of sp³-hybridized carbons (Fsp3) is 0.286. The van der Waals surface area contributed by atoms with Crippen LogP contribution in [0.1, 0.15) is 28.8 Å². The molecule has 2 aliphatic rings. The molecule has 0 spiro atoms. The maximum Gasteiger partial charge on any atom is 0.256 e. The van der Waals surface area contributed by atoms with Gasteiger partial charge in [-0.15, -0.1) is 0 Å². The number of fused-ring (bicyclic) bond motifs is 2. The fourth-order valence-electron chi connectivity index (χ4n) is 3.84. The van der Waals surface area contributed by atoms with Gasteiger partial charge in [-0.25, -0.2) is 4.39 Å². The Labute approximate surface area is 161 Å². The van der Waals surface area contributed by atoms with E-state index in [4.69, 9.17) is 0 Å². The first-order chi connectivity index (χ1) is 13.5. The summed E-state index contributed by atoms with van der Waals surface area (Å²) in [5.41, 5.74) is 1.92. The first kappa shape index (κ1) is 18.2. The van der Waals surface area contributed by atoms with Crippen molar-refractivity contribution in [1.29, 1.82) is 0 Å². The summed E-state index contributed by atoms with van der Waals surface area (Å²) in [6.45, 7) is 2.06. The number of nitrogens with one attached hydrogen (secondary N) is 1. The van der Waals surface area contributed by atoms with Crippen LogP contribution in [0.2, 0.25) is 0 Å². The molecule has 0 radical (unpaired) electrons. The molecule has 3 amide bonds. The number of carbonyl (C=O) groups excluding carboxylic acids is 3. The molecule has 1 fully saturated rings. The largest absolute Gasteiger partial charge is 0.327 e. The third-order valence-electron chi connectivity index (χ3n) is 5.27. The summed E-state index contributed by atoms with van der Waals surface area (Å²) in [4.78, 5) is 41.4. The van der Waals surface area contributed by atoms with Crippen molar-refractivity contribution in [3.63, 3.8) is 0 Å². The fourth-order valence-corrected chi connectivity index (χ4v) is 3.84. The van der Waals surface area contributed by atoms with E-state index in [0.29, 0.717) is 18.7 Å². The molecule has 1 N–H and O–H groups in total. The van der Waals surface area contributed by atoms with Crippen molar-refractivity contribution < 1.29 is 18.8 Å². The summed E-state index contributed by atoms with van der Waals surface area (Å²) >= 11 is 0.